The van der Waals surface area contributed by atoms with Crippen molar-refractivity contribution in [1.82, 2.24) is 4.90 Å². The quantitative estimate of drug-likeness (QED) is 0.886. The van der Waals surface area contributed by atoms with Gasteiger partial charge >= 0.3 is 0 Å². The molecule has 1 N–H and O–H groups in total. The van der Waals surface area contributed by atoms with Gasteiger partial charge in [0.15, 0.2) is 0 Å². The first-order valence-corrected chi connectivity index (χ1v) is 7.98. The van der Waals surface area contributed by atoms with Crippen molar-refractivity contribution in [3.8, 4) is 6.07 Å². The number of amides is 1. The molecule has 2 aromatic rings. The van der Waals surface area contributed by atoms with Crippen LogP contribution in [0.3, 0.4) is 0 Å². The maximum absolute atomic E-state index is 12.2. The first kappa shape index (κ1) is 17.7. The first-order chi connectivity index (χ1) is 11.5. The van der Waals surface area contributed by atoms with Crippen LogP contribution in [-0.4, -0.2) is 24.4 Å². The summed E-state index contributed by atoms with van der Waals surface area (Å²) in [7, 11) is 1.94. The Bertz CT molecular complexity index is 744. The summed E-state index contributed by atoms with van der Waals surface area (Å²) in [4.78, 5) is 14.2. The van der Waals surface area contributed by atoms with Gasteiger partial charge in [-0.05, 0) is 49.7 Å². The fraction of sp³-hybridized carbons (Fsp3) is 0.300. The van der Waals surface area contributed by atoms with E-state index in [4.69, 9.17) is 5.26 Å². The van der Waals surface area contributed by atoms with E-state index < -0.39 is 0 Å². The molecule has 2 rings (SSSR count). The number of nitrogens with zero attached hydrogens (tertiary/aromatic N) is 2. The molecule has 2 aromatic carbocycles. The lowest BCUT2D eigenvalue weighted by molar-refractivity contribution is -0.117. The minimum absolute atomic E-state index is 0.0460. The molecular formula is C20H23N3O. The summed E-state index contributed by atoms with van der Waals surface area (Å²) >= 11 is 0. The minimum atomic E-state index is -0.0460. The molecule has 0 aliphatic rings. The molecule has 124 valence electrons. The van der Waals surface area contributed by atoms with Gasteiger partial charge in [-0.25, -0.2) is 0 Å². The van der Waals surface area contributed by atoms with Crippen LogP contribution in [0.4, 0.5) is 5.69 Å². The van der Waals surface area contributed by atoms with E-state index in [2.05, 4.69) is 43.4 Å². The van der Waals surface area contributed by atoms with Gasteiger partial charge < -0.3 is 5.32 Å². The Hall–Kier alpha value is -2.64. The zero-order chi connectivity index (χ0) is 17.5. The number of nitriles is 1. The zero-order valence-electron chi connectivity index (χ0n) is 14.5. The van der Waals surface area contributed by atoms with Gasteiger partial charge in [0.2, 0.25) is 5.91 Å². The van der Waals surface area contributed by atoms with E-state index in [0.29, 0.717) is 13.0 Å². The Kier molecular flexibility index (Phi) is 6.11. The van der Waals surface area contributed by atoms with Gasteiger partial charge in [0, 0.05) is 12.2 Å². The van der Waals surface area contributed by atoms with Crippen molar-refractivity contribution in [3.05, 3.63) is 64.7 Å². The van der Waals surface area contributed by atoms with Gasteiger partial charge in [-0.15, -0.1) is 0 Å². The number of anilines is 1. The Labute approximate surface area is 143 Å². The monoisotopic (exact) mass is 321 g/mol. The van der Waals surface area contributed by atoms with Crippen molar-refractivity contribution in [1.29, 1.82) is 5.26 Å². The highest BCUT2D eigenvalue weighted by atomic mass is 16.2. The molecule has 0 spiro atoms. The van der Waals surface area contributed by atoms with Gasteiger partial charge in [0.1, 0.15) is 0 Å². The number of rotatable bonds is 6. The van der Waals surface area contributed by atoms with Crippen molar-refractivity contribution < 1.29 is 4.79 Å². The summed E-state index contributed by atoms with van der Waals surface area (Å²) in [5.41, 5.74) is 5.42. The van der Waals surface area contributed by atoms with Gasteiger partial charge in [-0.3, -0.25) is 9.69 Å². The predicted molar refractivity (Wildman–Crippen MR) is 96.6 cm³/mol. The fourth-order valence-corrected chi connectivity index (χ4v) is 2.61. The summed E-state index contributed by atoms with van der Waals surface area (Å²) in [5.74, 6) is -0.0460. The molecule has 1 amide bonds. The third kappa shape index (κ3) is 5.22. The van der Waals surface area contributed by atoms with E-state index in [1.165, 1.54) is 16.7 Å². The molecule has 4 nitrogen and oxygen atoms in total. The second-order valence-electron chi connectivity index (χ2n) is 6.18. The van der Waals surface area contributed by atoms with E-state index in [-0.39, 0.29) is 5.91 Å². The third-order valence-electron chi connectivity index (χ3n) is 3.87. The summed E-state index contributed by atoms with van der Waals surface area (Å²) in [6.07, 6.45) is 0.382. The van der Waals surface area contributed by atoms with Crippen LogP contribution in [0.25, 0.3) is 0 Å². The van der Waals surface area contributed by atoms with Gasteiger partial charge in [0.25, 0.3) is 0 Å². The molecule has 0 fully saturated rings. The number of carbonyl (C=O) groups is 1. The topological polar surface area (TPSA) is 56.1 Å². The van der Waals surface area contributed by atoms with Crippen molar-refractivity contribution >= 4 is 11.6 Å². The second kappa shape index (κ2) is 8.28. The Morgan fingerprint density at radius 2 is 1.88 bits per heavy atom. The third-order valence-corrected chi connectivity index (χ3v) is 3.87. The SMILES string of the molecule is Cc1ccc(CN(C)CC(=O)Nc2ccc(CC#N)cc2)c(C)c1. The lowest BCUT2D eigenvalue weighted by atomic mass is 10.1. The smallest absolute Gasteiger partial charge is 0.238 e. The molecule has 0 saturated heterocycles. The van der Waals surface area contributed by atoms with Gasteiger partial charge in [0.05, 0.1) is 19.0 Å². The second-order valence-corrected chi connectivity index (χ2v) is 6.18. The van der Waals surface area contributed by atoms with Gasteiger partial charge in [-0.1, -0.05) is 35.9 Å². The number of aryl methyl sites for hydroxylation is 2. The molecule has 4 heteroatoms. The van der Waals surface area contributed by atoms with E-state index in [1.54, 1.807) is 0 Å². The van der Waals surface area contributed by atoms with Crippen molar-refractivity contribution in [3.63, 3.8) is 0 Å². The van der Waals surface area contributed by atoms with Crippen LogP contribution in [0.15, 0.2) is 42.5 Å². The molecule has 0 aromatic heterocycles. The summed E-state index contributed by atoms with van der Waals surface area (Å²) in [6.45, 7) is 5.24. The van der Waals surface area contributed by atoms with Crippen LogP contribution in [0.2, 0.25) is 0 Å². The zero-order valence-corrected chi connectivity index (χ0v) is 14.5. The van der Waals surface area contributed by atoms with Crippen LogP contribution >= 0.6 is 0 Å². The molecule has 0 atom stereocenters. The molecule has 0 aliphatic heterocycles. The minimum Gasteiger partial charge on any atom is -0.325 e. The summed E-state index contributed by atoms with van der Waals surface area (Å²) < 4.78 is 0. The van der Waals surface area contributed by atoms with Gasteiger partial charge in [-0.2, -0.15) is 5.26 Å². The van der Waals surface area contributed by atoms with E-state index >= 15 is 0 Å². The largest absolute Gasteiger partial charge is 0.325 e. The van der Waals surface area contributed by atoms with Crippen LogP contribution < -0.4 is 5.32 Å². The lowest BCUT2D eigenvalue weighted by Gasteiger charge is -2.18. The van der Waals surface area contributed by atoms with E-state index in [0.717, 1.165) is 17.8 Å². The molecule has 0 heterocycles. The molecule has 0 bridgehead atoms. The van der Waals surface area contributed by atoms with Crippen molar-refractivity contribution in [2.24, 2.45) is 0 Å². The maximum Gasteiger partial charge on any atom is 0.238 e. The van der Waals surface area contributed by atoms with Crippen LogP contribution in [0.5, 0.6) is 0 Å². The van der Waals surface area contributed by atoms with Crippen molar-refractivity contribution in [2.45, 2.75) is 26.8 Å². The lowest BCUT2D eigenvalue weighted by Crippen LogP contribution is -2.30. The highest BCUT2D eigenvalue weighted by Crippen LogP contribution is 2.13. The molecule has 0 unspecified atom stereocenters. The number of nitrogens with one attached hydrogen (secondary N) is 1. The van der Waals surface area contributed by atoms with Crippen LogP contribution in [-0.2, 0) is 17.8 Å². The number of carbonyl (C=O) groups excluding carboxylic acids is 1. The standard InChI is InChI=1S/C20H23N3O/c1-15-4-7-18(16(2)12-15)13-23(3)14-20(24)22-19-8-5-17(6-9-19)10-11-21/h4-9,12H,10,13-14H2,1-3H3,(H,22,24). The van der Waals surface area contributed by atoms with Crippen LogP contribution in [0, 0.1) is 25.2 Å². The van der Waals surface area contributed by atoms with E-state index in [9.17, 15) is 4.79 Å². The Morgan fingerprint density at radius 3 is 2.50 bits per heavy atom. The first-order valence-electron chi connectivity index (χ1n) is 7.98. The van der Waals surface area contributed by atoms with E-state index in [1.807, 2.05) is 36.2 Å². The number of hydrogen-bond acceptors (Lipinski definition) is 3. The number of hydrogen-bond donors (Lipinski definition) is 1. The highest BCUT2D eigenvalue weighted by molar-refractivity contribution is 5.92. The summed E-state index contributed by atoms with van der Waals surface area (Å²) in [6, 6.07) is 15.9. The fourth-order valence-electron chi connectivity index (χ4n) is 2.61. The van der Waals surface area contributed by atoms with Crippen LogP contribution in [0.1, 0.15) is 22.3 Å². The molecule has 24 heavy (non-hydrogen) atoms. The molecule has 0 radical (unpaired) electrons. The summed E-state index contributed by atoms with van der Waals surface area (Å²) in [5, 5.41) is 11.6. The molecular weight excluding hydrogens is 298 g/mol. The maximum atomic E-state index is 12.2. The average molecular weight is 321 g/mol. The normalized spacial score (nSPS) is 10.5. The molecule has 0 saturated carbocycles. The van der Waals surface area contributed by atoms with Crippen molar-refractivity contribution in [2.75, 3.05) is 18.9 Å². The molecule has 0 aliphatic carbocycles. The number of likely N-dealkylation sites (N-methyl/N-ethyl adjacent to an activating group) is 1. The Morgan fingerprint density at radius 1 is 1.17 bits per heavy atom. The predicted octanol–water partition coefficient (Wildman–Crippen LogP) is 3.44. The highest BCUT2D eigenvalue weighted by Gasteiger charge is 2.09. The Balaban J connectivity index is 1.88. The average Bonchev–Trinajstić information content (AvgIpc) is 2.52. The number of benzene rings is 2.